The van der Waals surface area contributed by atoms with Gasteiger partial charge < -0.3 is 5.32 Å². The van der Waals surface area contributed by atoms with E-state index in [4.69, 9.17) is 0 Å². The molecule has 0 unspecified atom stereocenters. The van der Waals surface area contributed by atoms with Crippen molar-refractivity contribution >= 4 is 5.91 Å². The van der Waals surface area contributed by atoms with Gasteiger partial charge in [-0.05, 0) is 6.92 Å². The van der Waals surface area contributed by atoms with Crippen molar-refractivity contribution < 1.29 is 10.1 Å². The number of quaternary nitrogens is 1. The number of amides is 1. The predicted octanol–water partition coefficient (Wildman–Crippen LogP) is -0.217. The molecular formula is C9H19N2O+. The molecule has 0 bridgehead atoms. The normalized spacial score (nSPS) is 31.4. The summed E-state index contributed by atoms with van der Waals surface area (Å²) in [5, 5.41) is 2.14. The first-order valence-electron chi connectivity index (χ1n) is 4.45. The third-order valence-corrected chi connectivity index (χ3v) is 2.51. The summed E-state index contributed by atoms with van der Waals surface area (Å²) in [4.78, 5) is 13.3. The molecule has 1 fully saturated rings. The zero-order chi connectivity index (χ0) is 9.52. The second-order valence-electron chi connectivity index (χ2n) is 4.74. The molecule has 12 heavy (non-hydrogen) atoms. The van der Waals surface area contributed by atoms with Crippen molar-refractivity contribution in [2.45, 2.75) is 39.9 Å². The lowest BCUT2D eigenvalue weighted by Crippen LogP contribution is -2.94. The Kier molecular flexibility index (Phi) is 2.17. The van der Waals surface area contributed by atoms with E-state index >= 15 is 0 Å². The highest BCUT2D eigenvalue weighted by atomic mass is 16.2. The molecule has 3 nitrogen and oxygen atoms in total. The molecule has 0 aliphatic carbocycles. The van der Waals surface area contributed by atoms with E-state index in [1.165, 1.54) is 0 Å². The van der Waals surface area contributed by atoms with Crippen LogP contribution in [0.2, 0.25) is 0 Å². The fraction of sp³-hybridized carbons (Fsp3) is 0.889. The van der Waals surface area contributed by atoms with Gasteiger partial charge in [-0.2, -0.15) is 0 Å². The summed E-state index contributed by atoms with van der Waals surface area (Å²) in [5.74, 6) is 0.245. The van der Waals surface area contributed by atoms with Gasteiger partial charge in [0.05, 0.1) is 0 Å². The number of nitrogens with zero attached hydrogens (tertiary/aromatic N) is 1. The maximum absolute atomic E-state index is 11.5. The fourth-order valence-electron chi connectivity index (χ4n) is 1.81. The van der Waals surface area contributed by atoms with Gasteiger partial charge in [0.2, 0.25) is 0 Å². The highest BCUT2D eigenvalue weighted by molar-refractivity contribution is 5.81. The molecule has 0 aromatic rings. The Labute approximate surface area is 74.1 Å². The number of likely N-dealkylation sites (N-methyl/N-ethyl adjacent to an activating group) is 1. The Hall–Kier alpha value is -0.570. The second-order valence-corrected chi connectivity index (χ2v) is 4.74. The lowest BCUT2D eigenvalue weighted by molar-refractivity contribution is -0.715. The maximum atomic E-state index is 11.5. The van der Waals surface area contributed by atoms with Gasteiger partial charge in [0.15, 0.2) is 12.2 Å². The van der Waals surface area contributed by atoms with E-state index in [1.807, 2.05) is 18.9 Å². The first-order valence-corrected chi connectivity index (χ1v) is 4.45. The summed E-state index contributed by atoms with van der Waals surface area (Å²) in [6.45, 7) is 8.45. The van der Waals surface area contributed by atoms with E-state index < -0.39 is 0 Å². The minimum atomic E-state index is 0.0965. The second kappa shape index (κ2) is 2.73. The molecule has 70 valence electrons. The first kappa shape index (κ1) is 9.52. The van der Waals surface area contributed by atoms with Crippen LogP contribution in [0.5, 0.6) is 0 Å². The minimum absolute atomic E-state index is 0.0965. The Morgan fingerprint density at radius 2 is 1.92 bits per heavy atom. The van der Waals surface area contributed by atoms with Gasteiger partial charge in [0.1, 0.15) is 0 Å². The van der Waals surface area contributed by atoms with Gasteiger partial charge in [-0.15, -0.1) is 0 Å². The summed E-state index contributed by atoms with van der Waals surface area (Å²) in [6.07, 6.45) is 0.292. The van der Waals surface area contributed by atoms with E-state index in [1.54, 1.807) is 0 Å². The highest BCUT2D eigenvalue weighted by Gasteiger charge is 2.44. The van der Waals surface area contributed by atoms with Crippen molar-refractivity contribution in [3.63, 3.8) is 0 Å². The standard InChI is InChI=1S/C9H18N2O/c1-6-7(12)11(5)8(10-6)9(2,3)4/h6,8,10H,1-5H3/p+1/t6-,8+/m0/s1. The molecule has 2 atom stereocenters. The zero-order valence-electron chi connectivity index (χ0n) is 8.59. The van der Waals surface area contributed by atoms with Crippen LogP contribution in [0.25, 0.3) is 0 Å². The number of nitrogens with two attached hydrogens (primary N) is 1. The summed E-state index contributed by atoms with van der Waals surface area (Å²) in [6, 6.07) is 0.0965. The summed E-state index contributed by atoms with van der Waals surface area (Å²) in [7, 11) is 1.89. The van der Waals surface area contributed by atoms with Gasteiger partial charge in [0.25, 0.3) is 5.91 Å². The van der Waals surface area contributed by atoms with Crippen molar-refractivity contribution in [3.05, 3.63) is 0 Å². The Balaban J connectivity index is 2.78. The number of rotatable bonds is 0. The molecule has 0 aromatic heterocycles. The monoisotopic (exact) mass is 171 g/mol. The molecule has 1 heterocycles. The average Bonchev–Trinajstić information content (AvgIpc) is 2.15. The van der Waals surface area contributed by atoms with Crippen LogP contribution in [0.15, 0.2) is 0 Å². The molecule has 0 aromatic carbocycles. The Morgan fingerprint density at radius 3 is 2.08 bits per heavy atom. The number of hydrogen-bond acceptors (Lipinski definition) is 1. The number of carbonyl (C=O) groups is 1. The van der Waals surface area contributed by atoms with Gasteiger partial charge in [-0.1, -0.05) is 20.8 Å². The average molecular weight is 171 g/mol. The number of hydrogen-bond donors (Lipinski definition) is 1. The van der Waals surface area contributed by atoms with Crippen LogP contribution in [0.1, 0.15) is 27.7 Å². The third-order valence-electron chi connectivity index (χ3n) is 2.51. The van der Waals surface area contributed by atoms with Crippen molar-refractivity contribution in [1.29, 1.82) is 0 Å². The van der Waals surface area contributed by atoms with Crippen LogP contribution >= 0.6 is 0 Å². The third kappa shape index (κ3) is 1.46. The zero-order valence-corrected chi connectivity index (χ0v) is 8.59. The molecule has 1 amide bonds. The van der Waals surface area contributed by atoms with Crippen LogP contribution < -0.4 is 5.32 Å². The van der Waals surface area contributed by atoms with E-state index in [2.05, 4.69) is 26.1 Å². The molecule has 1 aliphatic heterocycles. The Bertz CT molecular complexity index is 195. The predicted molar refractivity (Wildman–Crippen MR) is 47.4 cm³/mol. The van der Waals surface area contributed by atoms with E-state index in [-0.39, 0.29) is 17.4 Å². The molecule has 2 N–H and O–H groups in total. The SMILES string of the molecule is C[C@@H]1[NH2+][C@@H](C(C)(C)C)N(C)C1=O. The van der Waals surface area contributed by atoms with Crippen molar-refractivity contribution in [3.8, 4) is 0 Å². The lowest BCUT2D eigenvalue weighted by Gasteiger charge is -2.28. The van der Waals surface area contributed by atoms with Crippen LogP contribution in [-0.2, 0) is 4.79 Å². The van der Waals surface area contributed by atoms with E-state index in [0.29, 0.717) is 6.17 Å². The maximum Gasteiger partial charge on any atom is 0.284 e. The molecule has 3 heteroatoms. The van der Waals surface area contributed by atoms with E-state index in [9.17, 15) is 4.79 Å². The van der Waals surface area contributed by atoms with Gasteiger partial charge in [0, 0.05) is 12.5 Å². The topological polar surface area (TPSA) is 36.9 Å². The lowest BCUT2D eigenvalue weighted by atomic mass is 9.92. The van der Waals surface area contributed by atoms with Gasteiger partial charge in [-0.3, -0.25) is 9.69 Å². The van der Waals surface area contributed by atoms with Crippen LogP contribution in [0.3, 0.4) is 0 Å². The van der Waals surface area contributed by atoms with Crippen LogP contribution in [0.4, 0.5) is 0 Å². The summed E-state index contributed by atoms with van der Waals surface area (Å²) in [5.41, 5.74) is 0.162. The minimum Gasteiger partial charge on any atom is -0.316 e. The highest BCUT2D eigenvalue weighted by Crippen LogP contribution is 2.21. The molecule has 0 radical (unpaired) electrons. The Morgan fingerprint density at radius 1 is 1.42 bits per heavy atom. The largest absolute Gasteiger partial charge is 0.316 e. The molecule has 0 saturated carbocycles. The molecule has 1 aliphatic rings. The molecule has 0 spiro atoms. The van der Waals surface area contributed by atoms with E-state index in [0.717, 1.165) is 0 Å². The van der Waals surface area contributed by atoms with Gasteiger partial charge in [-0.25, -0.2) is 0 Å². The quantitative estimate of drug-likeness (QED) is 0.537. The fourth-order valence-corrected chi connectivity index (χ4v) is 1.81. The van der Waals surface area contributed by atoms with Crippen LogP contribution in [0, 0.1) is 5.41 Å². The van der Waals surface area contributed by atoms with Gasteiger partial charge >= 0.3 is 0 Å². The summed E-state index contributed by atoms with van der Waals surface area (Å²) >= 11 is 0. The molecule has 1 rings (SSSR count). The van der Waals surface area contributed by atoms with Crippen LogP contribution in [-0.4, -0.2) is 30.1 Å². The summed E-state index contributed by atoms with van der Waals surface area (Å²) < 4.78 is 0. The van der Waals surface area contributed by atoms with Crippen molar-refractivity contribution in [2.24, 2.45) is 5.41 Å². The van der Waals surface area contributed by atoms with Crippen molar-refractivity contribution in [1.82, 2.24) is 4.90 Å². The number of carbonyl (C=O) groups excluding carboxylic acids is 1. The molecule has 1 saturated heterocycles. The first-order chi connectivity index (χ1) is 5.34. The van der Waals surface area contributed by atoms with Crippen molar-refractivity contribution in [2.75, 3.05) is 7.05 Å². The smallest absolute Gasteiger partial charge is 0.284 e. The molecular weight excluding hydrogens is 152 g/mol.